The van der Waals surface area contributed by atoms with Crippen molar-refractivity contribution in [3.8, 4) is 0 Å². The van der Waals surface area contributed by atoms with Crippen LogP contribution in [0.15, 0.2) is 12.2 Å². The van der Waals surface area contributed by atoms with Crippen LogP contribution < -0.4 is 0 Å². The van der Waals surface area contributed by atoms with Gasteiger partial charge in [0.05, 0.1) is 6.10 Å². The average Bonchev–Trinajstić information content (AvgIpc) is 2.83. The van der Waals surface area contributed by atoms with Crippen molar-refractivity contribution < 1.29 is 14.9 Å². The molecule has 0 radical (unpaired) electrons. The van der Waals surface area contributed by atoms with E-state index in [0.29, 0.717) is 11.3 Å². The van der Waals surface area contributed by atoms with Gasteiger partial charge >= 0.3 is 0 Å². The fraction of sp³-hybridized carbons (Fsp3) is 0.900. The van der Waals surface area contributed by atoms with Crippen LogP contribution in [0.1, 0.15) is 65.2 Å². The van der Waals surface area contributed by atoms with Crippen LogP contribution in [0.4, 0.5) is 0 Å². The maximum absolute atomic E-state index is 9.27. The van der Waals surface area contributed by atoms with Crippen LogP contribution in [0.5, 0.6) is 0 Å². The summed E-state index contributed by atoms with van der Waals surface area (Å²) in [6.45, 7) is 3.24. The van der Waals surface area contributed by atoms with E-state index in [1.165, 1.54) is 44.9 Å². The normalized spacial score (nSPS) is 52.1. The second-order valence-electron chi connectivity index (χ2n) is 9.07. The summed E-state index contributed by atoms with van der Waals surface area (Å²) < 4.78 is 5.49. The van der Waals surface area contributed by atoms with Crippen molar-refractivity contribution in [2.75, 3.05) is 0 Å². The molecule has 130 valence electrons. The number of rotatable bonds is 2. The quantitative estimate of drug-likeness (QED) is 0.600. The van der Waals surface area contributed by atoms with Gasteiger partial charge in [0.15, 0.2) is 0 Å². The number of hydrogen-bond donors (Lipinski definition) is 2. The Morgan fingerprint density at radius 3 is 2.61 bits per heavy atom. The molecule has 0 spiro atoms. The van der Waals surface area contributed by atoms with E-state index in [0.717, 1.165) is 24.2 Å². The van der Waals surface area contributed by atoms with Crippen LogP contribution in [-0.2, 0) is 4.74 Å². The first-order chi connectivity index (χ1) is 10.9. The van der Waals surface area contributed by atoms with Gasteiger partial charge in [-0.15, -0.1) is 0 Å². The van der Waals surface area contributed by atoms with Crippen molar-refractivity contribution in [1.82, 2.24) is 0 Å². The zero-order chi connectivity index (χ0) is 16.2. The molecule has 4 rings (SSSR count). The number of allylic oxidation sites excluding steroid dienone is 2. The fourth-order valence-corrected chi connectivity index (χ4v) is 7.14. The fourth-order valence-electron chi connectivity index (χ4n) is 7.14. The maximum Gasteiger partial charge on any atom is 0.266 e. The second-order valence-corrected chi connectivity index (χ2v) is 9.07. The summed E-state index contributed by atoms with van der Waals surface area (Å²) in [6.07, 6.45) is 15.0. The summed E-state index contributed by atoms with van der Waals surface area (Å²) >= 11 is 0. The number of ether oxygens (including phenoxy) is 1. The molecule has 0 amide bonds. The van der Waals surface area contributed by atoms with E-state index in [1.54, 1.807) is 0 Å². The Bertz CT molecular complexity index is 487. The van der Waals surface area contributed by atoms with Crippen molar-refractivity contribution in [2.24, 2.45) is 34.5 Å². The van der Waals surface area contributed by atoms with Crippen LogP contribution in [0.25, 0.3) is 0 Å². The van der Waals surface area contributed by atoms with Gasteiger partial charge < -0.3 is 14.9 Å². The Morgan fingerprint density at radius 2 is 1.83 bits per heavy atom. The maximum atomic E-state index is 9.27. The largest absolute Gasteiger partial charge is 0.346 e. The van der Waals surface area contributed by atoms with Gasteiger partial charge in [-0.2, -0.15) is 0 Å². The molecular formula is C20H32O3. The minimum Gasteiger partial charge on any atom is -0.346 e. The van der Waals surface area contributed by atoms with E-state index >= 15 is 0 Å². The predicted octanol–water partition coefficient (Wildman–Crippen LogP) is 3.85. The van der Waals surface area contributed by atoms with Gasteiger partial charge in [0.1, 0.15) is 0 Å². The number of aliphatic hydroxyl groups is 2. The molecule has 0 heterocycles. The molecule has 0 aromatic heterocycles. The first-order valence-corrected chi connectivity index (χ1v) is 9.64. The van der Waals surface area contributed by atoms with E-state index < -0.39 is 6.48 Å². The SMILES string of the molecule is C[C@]12C=CCCC1CC[C@@H]1[C@H]2CC[C@]2(C)C(OC(O)O)CC[C@@H]12. The molecule has 23 heavy (non-hydrogen) atoms. The zero-order valence-electron chi connectivity index (χ0n) is 14.6. The van der Waals surface area contributed by atoms with E-state index in [4.69, 9.17) is 4.74 Å². The van der Waals surface area contributed by atoms with Crippen LogP contribution >= 0.6 is 0 Å². The van der Waals surface area contributed by atoms with Crippen LogP contribution in [0.3, 0.4) is 0 Å². The van der Waals surface area contributed by atoms with Gasteiger partial charge in [-0.3, -0.25) is 0 Å². The van der Waals surface area contributed by atoms with Crippen LogP contribution in [0, 0.1) is 34.5 Å². The van der Waals surface area contributed by atoms with Crippen molar-refractivity contribution in [3.63, 3.8) is 0 Å². The Hall–Kier alpha value is -0.380. The average molecular weight is 320 g/mol. The summed E-state index contributed by atoms with van der Waals surface area (Å²) in [5.74, 6) is 3.18. The van der Waals surface area contributed by atoms with E-state index in [-0.39, 0.29) is 11.5 Å². The summed E-state index contributed by atoms with van der Waals surface area (Å²) in [5, 5.41) is 18.5. The van der Waals surface area contributed by atoms with Gasteiger partial charge in [0.25, 0.3) is 6.48 Å². The third-order valence-electron chi connectivity index (χ3n) is 8.32. The smallest absolute Gasteiger partial charge is 0.266 e. The molecule has 3 saturated carbocycles. The lowest BCUT2D eigenvalue weighted by Gasteiger charge is -2.59. The topological polar surface area (TPSA) is 49.7 Å². The van der Waals surface area contributed by atoms with Gasteiger partial charge in [0.2, 0.25) is 0 Å². The molecule has 3 fully saturated rings. The highest BCUT2D eigenvalue weighted by Gasteiger charge is 2.59. The Kier molecular flexibility index (Phi) is 3.90. The molecule has 4 aliphatic carbocycles. The van der Waals surface area contributed by atoms with E-state index in [9.17, 15) is 10.2 Å². The van der Waals surface area contributed by atoms with E-state index in [1.807, 2.05) is 0 Å². The highest BCUT2D eigenvalue weighted by Crippen LogP contribution is 2.65. The Balaban J connectivity index is 1.60. The Labute approximate surface area is 140 Å². The second kappa shape index (κ2) is 5.57. The molecule has 2 N–H and O–H groups in total. The first kappa shape index (κ1) is 16.1. The molecule has 0 aliphatic heterocycles. The summed E-state index contributed by atoms with van der Waals surface area (Å²) in [5.41, 5.74) is 0.532. The molecule has 3 heteroatoms. The molecule has 3 nitrogen and oxygen atoms in total. The van der Waals surface area contributed by atoms with Gasteiger partial charge in [0, 0.05) is 0 Å². The summed E-state index contributed by atoms with van der Waals surface area (Å²) in [4.78, 5) is 0. The van der Waals surface area contributed by atoms with Crippen LogP contribution in [-0.4, -0.2) is 22.8 Å². The number of hydrogen-bond acceptors (Lipinski definition) is 3. The van der Waals surface area contributed by atoms with Crippen molar-refractivity contribution in [3.05, 3.63) is 12.2 Å². The Morgan fingerprint density at radius 1 is 1.00 bits per heavy atom. The minimum absolute atomic E-state index is 0.0147. The minimum atomic E-state index is -1.62. The zero-order valence-corrected chi connectivity index (χ0v) is 14.6. The molecule has 7 atom stereocenters. The standard InChI is InChI=1S/C20H32O3/c1-19-11-4-3-5-13(19)6-7-14-15-8-9-17(23-18(21)22)20(15,2)12-10-16(14)19/h4,11,13-18,21-22H,3,5-10,12H2,1-2H3/t13?,14-,15-,16+,17?,19-,20-/m0/s1. The molecule has 0 bridgehead atoms. The monoisotopic (exact) mass is 320 g/mol. The lowest BCUT2D eigenvalue weighted by atomic mass is 9.46. The van der Waals surface area contributed by atoms with Crippen LogP contribution in [0.2, 0.25) is 0 Å². The third kappa shape index (κ3) is 2.34. The van der Waals surface area contributed by atoms with Crippen molar-refractivity contribution in [2.45, 2.75) is 77.8 Å². The molecule has 4 aliphatic rings. The van der Waals surface area contributed by atoms with Crippen molar-refractivity contribution in [1.29, 1.82) is 0 Å². The van der Waals surface area contributed by atoms with E-state index in [2.05, 4.69) is 26.0 Å². The molecule has 0 saturated heterocycles. The number of aliphatic hydroxyl groups excluding tert-OH is 1. The first-order valence-electron chi connectivity index (χ1n) is 9.64. The summed E-state index contributed by atoms with van der Waals surface area (Å²) in [6, 6.07) is 0. The van der Waals surface area contributed by atoms with Gasteiger partial charge in [-0.05, 0) is 85.9 Å². The van der Waals surface area contributed by atoms with Gasteiger partial charge in [-0.1, -0.05) is 26.0 Å². The lowest BCUT2D eigenvalue weighted by Crippen LogP contribution is -2.52. The van der Waals surface area contributed by atoms with Gasteiger partial charge in [-0.25, -0.2) is 0 Å². The molecule has 0 aromatic rings. The molecular weight excluding hydrogens is 288 g/mol. The predicted molar refractivity (Wildman–Crippen MR) is 89.3 cm³/mol. The highest BCUT2D eigenvalue weighted by molar-refractivity contribution is 5.15. The third-order valence-corrected chi connectivity index (χ3v) is 8.32. The number of fused-ring (bicyclic) bond motifs is 5. The highest BCUT2D eigenvalue weighted by atomic mass is 16.7. The van der Waals surface area contributed by atoms with Crippen molar-refractivity contribution >= 4 is 0 Å². The summed E-state index contributed by atoms with van der Waals surface area (Å²) in [7, 11) is 0. The molecule has 0 aromatic carbocycles. The lowest BCUT2D eigenvalue weighted by molar-refractivity contribution is -0.275. The molecule has 2 unspecified atom stereocenters.